The largest absolute Gasteiger partial charge is 0.461 e. The number of nitriles is 1. The zero-order valence-corrected chi connectivity index (χ0v) is 10.5. The molecule has 0 radical (unpaired) electrons. The van der Waals surface area contributed by atoms with Gasteiger partial charge < -0.3 is 9.30 Å². The standard InChI is InChI=1S/C14H13N3O2/c1-2-19-14(18)13-9-17(10-16-13)8-12-5-3-4-11(6-12)7-15/h3-6,9-10H,2,8H2,1H3. The minimum atomic E-state index is -0.424. The van der Waals surface area contributed by atoms with Crippen molar-refractivity contribution in [3.05, 3.63) is 53.6 Å². The molecule has 5 nitrogen and oxygen atoms in total. The quantitative estimate of drug-likeness (QED) is 0.783. The van der Waals surface area contributed by atoms with Crippen molar-refractivity contribution in [2.24, 2.45) is 0 Å². The summed E-state index contributed by atoms with van der Waals surface area (Å²) >= 11 is 0. The average Bonchev–Trinajstić information content (AvgIpc) is 2.88. The van der Waals surface area contributed by atoms with Gasteiger partial charge in [0, 0.05) is 12.7 Å². The summed E-state index contributed by atoms with van der Waals surface area (Å²) in [5.41, 5.74) is 1.88. The molecule has 0 aliphatic carbocycles. The van der Waals surface area contributed by atoms with Crippen LogP contribution in [0.1, 0.15) is 28.5 Å². The molecule has 2 aromatic rings. The first-order valence-corrected chi connectivity index (χ1v) is 5.91. The molecule has 1 heterocycles. The lowest BCUT2D eigenvalue weighted by atomic mass is 10.1. The van der Waals surface area contributed by atoms with Crippen LogP contribution in [0, 0.1) is 11.3 Å². The van der Waals surface area contributed by atoms with E-state index in [1.54, 1.807) is 30.1 Å². The Hall–Kier alpha value is -2.61. The molecule has 0 spiro atoms. The van der Waals surface area contributed by atoms with Gasteiger partial charge >= 0.3 is 5.97 Å². The van der Waals surface area contributed by atoms with Gasteiger partial charge in [-0.3, -0.25) is 0 Å². The fourth-order valence-corrected chi connectivity index (χ4v) is 1.71. The monoisotopic (exact) mass is 255 g/mol. The van der Waals surface area contributed by atoms with Gasteiger partial charge in [0.05, 0.1) is 24.6 Å². The Morgan fingerprint density at radius 1 is 1.53 bits per heavy atom. The van der Waals surface area contributed by atoms with E-state index >= 15 is 0 Å². The maximum atomic E-state index is 11.5. The van der Waals surface area contributed by atoms with Gasteiger partial charge in [-0.15, -0.1) is 0 Å². The summed E-state index contributed by atoms with van der Waals surface area (Å²) in [4.78, 5) is 15.5. The fraction of sp³-hybridized carbons (Fsp3) is 0.214. The van der Waals surface area contributed by atoms with Gasteiger partial charge in [0.15, 0.2) is 5.69 Å². The fourth-order valence-electron chi connectivity index (χ4n) is 1.71. The summed E-state index contributed by atoms with van der Waals surface area (Å²) in [7, 11) is 0. The molecule has 5 heteroatoms. The molecular weight excluding hydrogens is 242 g/mol. The molecule has 0 saturated heterocycles. The number of ether oxygens (including phenoxy) is 1. The molecule has 0 saturated carbocycles. The molecule has 2 rings (SSSR count). The average molecular weight is 255 g/mol. The van der Waals surface area contributed by atoms with E-state index in [1.807, 2.05) is 18.2 Å². The molecule has 1 aromatic carbocycles. The van der Waals surface area contributed by atoms with Gasteiger partial charge in [0.25, 0.3) is 0 Å². The second kappa shape index (κ2) is 5.83. The highest BCUT2D eigenvalue weighted by atomic mass is 16.5. The SMILES string of the molecule is CCOC(=O)c1cn(Cc2cccc(C#N)c2)cn1. The minimum Gasteiger partial charge on any atom is -0.461 e. The van der Waals surface area contributed by atoms with E-state index in [0.29, 0.717) is 24.4 Å². The lowest BCUT2D eigenvalue weighted by molar-refractivity contribution is 0.0520. The normalized spacial score (nSPS) is 9.89. The molecule has 0 bridgehead atoms. The molecule has 0 fully saturated rings. The number of hydrogen-bond donors (Lipinski definition) is 0. The van der Waals surface area contributed by atoms with E-state index < -0.39 is 5.97 Å². The zero-order chi connectivity index (χ0) is 13.7. The molecule has 19 heavy (non-hydrogen) atoms. The highest BCUT2D eigenvalue weighted by molar-refractivity contribution is 5.86. The molecule has 0 N–H and O–H groups in total. The van der Waals surface area contributed by atoms with E-state index in [4.69, 9.17) is 10.00 Å². The Kier molecular flexibility index (Phi) is 3.94. The Morgan fingerprint density at radius 2 is 2.37 bits per heavy atom. The van der Waals surface area contributed by atoms with Crippen LogP contribution >= 0.6 is 0 Å². The summed E-state index contributed by atoms with van der Waals surface area (Å²) in [5.74, 6) is -0.424. The van der Waals surface area contributed by atoms with Crippen molar-refractivity contribution in [3.8, 4) is 6.07 Å². The molecule has 0 aliphatic rings. The summed E-state index contributed by atoms with van der Waals surface area (Å²) < 4.78 is 6.65. The molecule has 96 valence electrons. The van der Waals surface area contributed by atoms with Crippen LogP contribution < -0.4 is 0 Å². The van der Waals surface area contributed by atoms with Crippen LogP contribution in [0.4, 0.5) is 0 Å². The first-order valence-electron chi connectivity index (χ1n) is 5.91. The van der Waals surface area contributed by atoms with E-state index in [9.17, 15) is 4.79 Å². The number of carbonyl (C=O) groups is 1. The Bertz CT molecular complexity index is 626. The van der Waals surface area contributed by atoms with Crippen molar-refractivity contribution < 1.29 is 9.53 Å². The van der Waals surface area contributed by atoms with Crippen molar-refractivity contribution in [2.75, 3.05) is 6.61 Å². The van der Waals surface area contributed by atoms with Crippen molar-refractivity contribution in [1.82, 2.24) is 9.55 Å². The Morgan fingerprint density at radius 3 is 3.11 bits per heavy atom. The van der Waals surface area contributed by atoms with Crippen molar-refractivity contribution in [2.45, 2.75) is 13.5 Å². The maximum absolute atomic E-state index is 11.5. The van der Waals surface area contributed by atoms with Crippen molar-refractivity contribution >= 4 is 5.97 Å². The summed E-state index contributed by atoms with van der Waals surface area (Å²) in [6, 6.07) is 9.41. The molecule has 0 amide bonds. The first kappa shape index (κ1) is 12.8. The van der Waals surface area contributed by atoms with Crippen LogP contribution in [-0.4, -0.2) is 22.1 Å². The third-order valence-corrected chi connectivity index (χ3v) is 2.54. The van der Waals surface area contributed by atoms with Gasteiger partial charge in [-0.2, -0.15) is 5.26 Å². The van der Waals surface area contributed by atoms with Crippen LogP contribution in [0.3, 0.4) is 0 Å². The van der Waals surface area contributed by atoms with Crippen LogP contribution in [-0.2, 0) is 11.3 Å². The highest BCUT2D eigenvalue weighted by Crippen LogP contribution is 2.07. The number of rotatable bonds is 4. The predicted molar refractivity (Wildman–Crippen MR) is 68.4 cm³/mol. The van der Waals surface area contributed by atoms with Crippen LogP contribution in [0.15, 0.2) is 36.8 Å². The van der Waals surface area contributed by atoms with Gasteiger partial charge in [0.1, 0.15) is 0 Å². The molecule has 0 aliphatic heterocycles. The lowest BCUT2D eigenvalue weighted by Crippen LogP contribution is -2.05. The van der Waals surface area contributed by atoms with Gasteiger partial charge in [0.2, 0.25) is 0 Å². The van der Waals surface area contributed by atoms with E-state index in [2.05, 4.69) is 11.1 Å². The predicted octanol–water partition coefficient (Wildman–Crippen LogP) is 1.98. The molecule has 0 unspecified atom stereocenters. The van der Waals surface area contributed by atoms with Crippen molar-refractivity contribution in [1.29, 1.82) is 5.26 Å². The Balaban J connectivity index is 2.11. The van der Waals surface area contributed by atoms with Crippen molar-refractivity contribution in [3.63, 3.8) is 0 Å². The number of carbonyl (C=O) groups excluding carboxylic acids is 1. The molecule has 1 aromatic heterocycles. The number of benzene rings is 1. The maximum Gasteiger partial charge on any atom is 0.358 e. The van der Waals surface area contributed by atoms with Crippen LogP contribution in [0.25, 0.3) is 0 Å². The van der Waals surface area contributed by atoms with Crippen LogP contribution in [0.2, 0.25) is 0 Å². The number of imidazole rings is 1. The lowest BCUT2D eigenvalue weighted by Gasteiger charge is -2.02. The van der Waals surface area contributed by atoms with E-state index in [-0.39, 0.29) is 0 Å². The van der Waals surface area contributed by atoms with Gasteiger partial charge in [-0.1, -0.05) is 12.1 Å². The third kappa shape index (κ3) is 3.19. The van der Waals surface area contributed by atoms with Crippen LogP contribution in [0.5, 0.6) is 0 Å². The van der Waals surface area contributed by atoms with E-state index in [1.165, 1.54) is 0 Å². The smallest absolute Gasteiger partial charge is 0.358 e. The number of aromatic nitrogens is 2. The molecular formula is C14H13N3O2. The number of esters is 1. The minimum absolute atomic E-state index is 0.290. The highest BCUT2D eigenvalue weighted by Gasteiger charge is 2.09. The summed E-state index contributed by atoms with van der Waals surface area (Å²) in [6.07, 6.45) is 3.21. The Labute approximate surface area is 111 Å². The number of hydrogen-bond acceptors (Lipinski definition) is 4. The van der Waals surface area contributed by atoms with Gasteiger partial charge in [-0.25, -0.2) is 9.78 Å². The summed E-state index contributed by atoms with van der Waals surface area (Å²) in [6.45, 7) is 2.64. The molecule has 0 atom stereocenters. The van der Waals surface area contributed by atoms with E-state index in [0.717, 1.165) is 5.56 Å². The summed E-state index contributed by atoms with van der Waals surface area (Å²) in [5, 5.41) is 8.83. The second-order valence-corrected chi connectivity index (χ2v) is 3.96. The third-order valence-electron chi connectivity index (χ3n) is 2.54. The second-order valence-electron chi connectivity index (χ2n) is 3.96. The topological polar surface area (TPSA) is 67.9 Å². The number of nitrogens with zero attached hydrogens (tertiary/aromatic N) is 3. The van der Waals surface area contributed by atoms with Gasteiger partial charge in [-0.05, 0) is 24.6 Å². The first-order chi connectivity index (χ1) is 9.22. The zero-order valence-electron chi connectivity index (χ0n) is 10.5.